The number of hydrogen-bond donors (Lipinski definition) is 0. The van der Waals surface area contributed by atoms with Crippen molar-refractivity contribution in [1.82, 2.24) is 9.47 Å². The van der Waals surface area contributed by atoms with Crippen LogP contribution >= 0.6 is 24.0 Å². The van der Waals surface area contributed by atoms with Crippen molar-refractivity contribution in [3.8, 4) is 0 Å². The minimum atomic E-state index is -1.03. The molecule has 1 saturated heterocycles. The van der Waals surface area contributed by atoms with E-state index < -0.39 is 5.97 Å². The Hall–Kier alpha value is -2.12. The van der Waals surface area contributed by atoms with Gasteiger partial charge in [0.25, 0.3) is 5.91 Å². The molecule has 1 aromatic carbocycles. The van der Waals surface area contributed by atoms with Gasteiger partial charge in [-0.05, 0) is 31.4 Å². The number of carbonyl (C=O) groups excluding carboxylic acids is 2. The normalized spacial score (nSPS) is 16.2. The number of para-hydroxylation sites is 1. The molecular formula is C19H19N2O3S2-. The first kappa shape index (κ1) is 18.7. The summed E-state index contributed by atoms with van der Waals surface area (Å²) in [5, 5.41) is 11.5. The molecule has 0 bridgehead atoms. The summed E-state index contributed by atoms with van der Waals surface area (Å²) >= 11 is 6.67. The zero-order valence-corrected chi connectivity index (χ0v) is 16.1. The number of nitrogens with zero attached hydrogens (tertiary/aromatic N) is 2. The van der Waals surface area contributed by atoms with Gasteiger partial charge in [-0.1, -0.05) is 48.6 Å². The third kappa shape index (κ3) is 3.99. The molecule has 1 amide bonds. The van der Waals surface area contributed by atoms with E-state index in [1.54, 1.807) is 4.90 Å². The Balaban J connectivity index is 1.70. The molecule has 1 fully saturated rings. The van der Waals surface area contributed by atoms with Crippen LogP contribution in [0.15, 0.2) is 35.4 Å². The average molecular weight is 388 g/mol. The quantitative estimate of drug-likeness (QED) is 0.415. The molecule has 0 aliphatic carbocycles. The van der Waals surface area contributed by atoms with Crippen molar-refractivity contribution in [2.45, 2.75) is 25.7 Å². The van der Waals surface area contributed by atoms with Crippen molar-refractivity contribution in [3.05, 3.63) is 40.9 Å². The van der Waals surface area contributed by atoms with E-state index in [0.717, 1.165) is 29.3 Å². The summed E-state index contributed by atoms with van der Waals surface area (Å²) in [5.74, 6) is -1.11. The van der Waals surface area contributed by atoms with Gasteiger partial charge in [0, 0.05) is 42.2 Å². The molecule has 0 unspecified atom stereocenters. The highest BCUT2D eigenvalue weighted by Crippen LogP contribution is 2.34. The molecule has 1 aliphatic rings. The van der Waals surface area contributed by atoms with Gasteiger partial charge in [0.15, 0.2) is 0 Å². The maximum atomic E-state index is 12.7. The van der Waals surface area contributed by atoms with Crippen molar-refractivity contribution in [2.24, 2.45) is 7.05 Å². The molecule has 0 saturated carbocycles. The SMILES string of the molecule is Cn1cc(/C=C2\SC(=S)N(CCCCCC(=O)[O-])C2=O)c2ccccc21. The van der Waals surface area contributed by atoms with E-state index in [0.29, 0.717) is 22.2 Å². The first-order valence-corrected chi connectivity index (χ1v) is 9.69. The number of aromatic nitrogens is 1. The topological polar surface area (TPSA) is 65.4 Å². The van der Waals surface area contributed by atoms with Gasteiger partial charge in [-0.15, -0.1) is 0 Å². The minimum absolute atomic E-state index is 0.0549. The summed E-state index contributed by atoms with van der Waals surface area (Å²) in [4.78, 5) is 25.3. The van der Waals surface area contributed by atoms with Gasteiger partial charge in [-0.3, -0.25) is 9.69 Å². The van der Waals surface area contributed by atoms with Gasteiger partial charge < -0.3 is 14.5 Å². The summed E-state index contributed by atoms with van der Waals surface area (Å²) < 4.78 is 2.60. The van der Waals surface area contributed by atoms with Crippen LogP contribution in [0.2, 0.25) is 0 Å². The summed E-state index contributed by atoms with van der Waals surface area (Å²) in [6, 6.07) is 8.06. The lowest BCUT2D eigenvalue weighted by Crippen LogP contribution is -2.29. The Kier molecular flexibility index (Phi) is 5.78. The Labute approximate surface area is 161 Å². The highest BCUT2D eigenvalue weighted by molar-refractivity contribution is 8.26. The number of aryl methyl sites for hydroxylation is 1. The number of thioether (sulfide) groups is 1. The van der Waals surface area contributed by atoms with Crippen LogP contribution in [0.5, 0.6) is 0 Å². The molecule has 0 spiro atoms. The maximum Gasteiger partial charge on any atom is 0.266 e. The third-order valence-corrected chi connectivity index (χ3v) is 5.73. The number of benzene rings is 1. The van der Waals surface area contributed by atoms with Gasteiger partial charge in [0.2, 0.25) is 0 Å². The smallest absolute Gasteiger partial charge is 0.266 e. The molecule has 1 aliphatic heterocycles. The van der Waals surface area contributed by atoms with Crippen LogP contribution in [0.4, 0.5) is 0 Å². The largest absolute Gasteiger partial charge is 0.550 e. The van der Waals surface area contributed by atoms with Crippen LogP contribution in [0.25, 0.3) is 17.0 Å². The van der Waals surface area contributed by atoms with E-state index in [-0.39, 0.29) is 12.3 Å². The Morgan fingerprint density at radius 1 is 1.27 bits per heavy atom. The first-order chi connectivity index (χ1) is 12.5. The summed E-state index contributed by atoms with van der Waals surface area (Å²) in [7, 11) is 1.98. The molecule has 7 heteroatoms. The first-order valence-electron chi connectivity index (χ1n) is 8.46. The number of fused-ring (bicyclic) bond motifs is 1. The molecule has 2 aromatic rings. The second kappa shape index (κ2) is 8.05. The zero-order chi connectivity index (χ0) is 18.7. The van der Waals surface area contributed by atoms with Gasteiger partial charge in [0.05, 0.1) is 4.91 Å². The van der Waals surface area contributed by atoms with Crippen molar-refractivity contribution in [1.29, 1.82) is 0 Å². The average Bonchev–Trinajstić information content (AvgIpc) is 3.06. The molecule has 5 nitrogen and oxygen atoms in total. The van der Waals surface area contributed by atoms with Crippen molar-refractivity contribution in [3.63, 3.8) is 0 Å². The Morgan fingerprint density at radius 2 is 2.04 bits per heavy atom. The van der Waals surface area contributed by atoms with E-state index in [1.165, 1.54) is 11.8 Å². The van der Waals surface area contributed by atoms with Gasteiger partial charge in [0.1, 0.15) is 4.32 Å². The summed E-state index contributed by atoms with van der Waals surface area (Å²) in [6.07, 6.45) is 5.98. The lowest BCUT2D eigenvalue weighted by molar-refractivity contribution is -0.305. The lowest BCUT2D eigenvalue weighted by atomic mass is 10.1. The number of hydrogen-bond acceptors (Lipinski definition) is 5. The van der Waals surface area contributed by atoms with Crippen molar-refractivity contribution in [2.75, 3.05) is 6.54 Å². The fourth-order valence-corrected chi connectivity index (χ4v) is 4.34. The monoisotopic (exact) mass is 387 g/mol. The highest BCUT2D eigenvalue weighted by atomic mass is 32.2. The molecular weight excluding hydrogens is 368 g/mol. The number of carboxylic acid groups (broad SMARTS) is 1. The van der Waals surface area contributed by atoms with E-state index in [9.17, 15) is 14.7 Å². The van der Waals surface area contributed by atoms with Crippen molar-refractivity contribution < 1.29 is 14.7 Å². The molecule has 3 rings (SSSR count). The van der Waals surface area contributed by atoms with Crippen LogP contribution in [0.3, 0.4) is 0 Å². The van der Waals surface area contributed by atoms with E-state index >= 15 is 0 Å². The second-order valence-corrected chi connectivity index (χ2v) is 7.90. The van der Waals surface area contributed by atoms with Gasteiger partial charge in [-0.2, -0.15) is 0 Å². The number of rotatable bonds is 7. The molecule has 1 aromatic heterocycles. The molecule has 0 atom stereocenters. The number of amides is 1. The standard InChI is InChI=1S/C19H20N2O3S2/c1-20-12-13(14-7-4-5-8-15(14)20)11-16-18(24)21(19(25)26-16)10-6-2-3-9-17(22)23/h4-5,7-8,11-12H,2-3,6,9-10H2,1H3,(H,22,23)/p-1/b16-11-. The number of carbonyl (C=O) groups is 2. The number of unbranched alkanes of at least 4 members (excludes halogenated alkanes) is 2. The minimum Gasteiger partial charge on any atom is -0.550 e. The fourth-order valence-electron chi connectivity index (χ4n) is 3.04. The Bertz CT molecular complexity index is 901. The summed E-state index contributed by atoms with van der Waals surface area (Å²) in [5.41, 5.74) is 2.11. The van der Waals surface area contributed by atoms with Crippen molar-refractivity contribution >= 4 is 57.2 Å². The van der Waals surface area contributed by atoms with Crippen LogP contribution in [-0.2, 0) is 16.6 Å². The molecule has 2 heterocycles. The van der Waals surface area contributed by atoms with E-state index in [2.05, 4.69) is 0 Å². The highest BCUT2D eigenvalue weighted by Gasteiger charge is 2.31. The van der Waals surface area contributed by atoms with Gasteiger partial charge >= 0.3 is 0 Å². The third-order valence-electron chi connectivity index (χ3n) is 4.35. The van der Waals surface area contributed by atoms with Gasteiger partial charge in [-0.25, -0.2) is 0 Å². The Morgan fingerprint density at radius 3 is 2.81 bits per heavy atom. The lowest BCUT2D eigenvalue weighted by Gasteiger charge is -2.14. The molecule has 0 radical (unpaired) electrons. The maximum absolute atomic E-state index is 12.7. The second-order valence-electron chi connectivity index (χ2n) is 6.23. The molecule has 136 valence electrons. The van der Waals surface area contributed by atoms with Crippen LogP contribution in [0, 0.1) is 0 Å². The van der Waals surface area contributed by atoms with E-state index in [4.69, 9.17) is 12.2 Å². The zero-order valence-electron chi connectivity index (χ0n) is 14.4. The predicted molar refractivity (Wildman–Crippen MR) is 106 cm³/mol. The van der Waals surface area contributed by atoms with Crippen LogP contribution < -0.4 is 5.11 Å². The van der Waals surface area contributed by atoms with Crippen LogP contribution in [0.1, 0.15) is 31.2 Å². The molecule has 26 heavy (non-hydrogen) atoms. The van der Waals surface area contributed by atoms with Crippen LogP contribution in [-0.4, -0.2) is 32.2 Å². The van der Waals surface area contributed by atoms with E-state index in [1.807, 2.05) is 48.2 Å². The number of carboxylic acids is 1. The fraction of sp³-hybridized carbons (Fsp3) is 0.316. The number of thiocarbonyl (C=S) groups is 1. The number of aliphatic carboxylic acids is 1. The predicted octanol–water partition coefficient (Wildman–Crippen LogP) is 2.69. The molecule has 0 N–H and O–H groups in total. The summed E-state index contributed by atoms with van der Waals surface area (Å²) in [6.45, 7) is 0.518.